The van der Waals surface area contributed by atoms with E-state index in [9.17, 15) is 0 Å². The second-order valence-corrected chi connectivity index (χ2v) is 7.64. The van der Waals surface area contributed by atoms with Crippen molar-refractivity contribution in [2.75, 3.05) is 33.2 Å². The number of guanidine groups is 1. The molecular weight excluding hydrogens is 292 g/mol. The molecule has 22 heavy (non-hydrogen) atoms. The van der Waals surface area contributed by atoms with Crippen molar-refractivity contribution in [3.8, 4) is 0 Å². The summed E-state index contributed by atoms with van der Waals surface area (Å²) in [5, 5.41) is 7.00. The van der Waals surface area contributed by atoms with Crippen molar-refractivity contribution >= 4 is 17.3 Å². The van der Waals surface area contributed by atoms with Crippen LogP contribution in [0.4, 0.5) is 0 Å². The van der Waals surface area contributed by atoms with E-state index in [1.54, 1.807) is 0 Å². The van der Waals surface area contributed by atoms with Crippen LogP contribution in [-0.4, -0.2) is 50.1 Å². The van der Waals surface area contributed by atoms with Crippen LogP contribution in [0.3, 0.4) is 0 Å². The van der Waals surface area contributed by atoms with Crippen molar-refractivity contribution in [3.05, 3.63) is 21.9 Å². The summed E-state index contributed by atoms with van der Waals surface area (Å²) in [6.45, 7) is 11.3. The Bertz CT molecular complexity index is 483. The first-order valence-corrected chi connectivity index (χ1v) is 9.17. The Morgan fingerprint density at radius 3 is 2.91 bits per heavy atom. The van der Waals surface area contributed by atoms with Gasteiger partial charge in [0.1, 0.15) is 0 Å². The van der Waals surface area contributed by atoms with E-state index in [-0.39, 0.29) is 0 Å². The number of nitrogens with zero attached hydrogens (tertiary/aromatic N) is 2. The highest BCUT2D eigenvalue weighted by molar-refractivity contribution is 7.11. The molecule has 2 N–H and O–H groups in total. The molecule has 1 aliphatic heterocycles. The summed E-state index contributed by atoms with van der Waals surface area (Å²) in [7, 11) is 1.85. The van der Waals surface area contributed by atoms with Crippen LogP contribution in [0, 0.1) is 12.8 Å². The highest BCUT2D eigenvalue weighted by atomic mass is 32.1. The number of rotatable bonds is 6. The molecule has 1 aromatic rings. The molecule has 0 radical (unpaired) electrons. The minimum atomic E-state index is 0.389. The van der Waals surface area contributed by atoms with Gasteiger partial charge in [-0.05, 0) is 51.4 Å². The summed E-state index contributed by atoms with van der Waals surface area (Å²) >= 11 is 1.88. The van der Waals surface area contributed by atoms with Gasteiger partial charge < -0.3 is 15.5 Å². The molecule has 0 saturated carbocycles. The number of aliphatic imine (C=N–C) groups is 1. The number of nitrogens with one attached hydrogen (secondary N) is 2. The molecule has 124 valence electrons. The maximum atomic E-state index is 4.36. The van der Waals surface area contributed by atoms with E-state index in [0.717, 1.165) is 24.8 Å². The number of hydrogen-bond donors (Lipinski definition) is 2. The van der Waals surface area contributed by atoms with Crippen molar-refractivity contribution in [3.63, 3.8) is 0 Å². The Labute approximate surface area is 139 Å². The van der Waals surface area contributed by atoms with Crippen LogP contribution in [0.5, 0.6) is 0 Å². The predicted molar refractivity (Wildman–Crippen MR) is 96.9 cm³/mol. The Morgan fingerprint density at radius 2 is 2.32 bits per heavy atom. The quantitative estimate of drug-likeness (QED) is 0.624. The normalized spacial score (nSPS) is 21.1. The lowest BCUT2D eigenvalue weighted by Gasteiger charge is -2.19. The van der Waals surface area contributed by atoms with E-state index in [1.165, 1.54) is 35.8 Å². The largest absolute Gasteiger partial charge is 0.356 e. The van der Waals surface area contributed by atoms with Crippen LogP contribution in [0.1, 0.15) is 30.0 Å². The molecule has 2 atom stereocenters. The lowest BCUT2D eigenvalue weighted by molar-refractivity contribution is 0.341. The van der Waals surface area contributed by atoms with Gasteiger partial charge in [-0.25, -0.2) is 0 Å². The van der Waals surface area contributed by atoms with Gasteiger partial charge in [-0.3, -0.25) is 4.99 Å². The van der Waals surface area contributed by atoms with Gasteiger partial charge in [0.15, 0.2) is 5.96 Å². The summed E-state index contributed by atoms with van der Waals surface area (Å²) in [5.74, 6) is 1.67. The zero-order chi connectivity index (χ0) is 15.9. The number of thiophene rings is 1. The van der Waals surface area contributed by atoms with Gasteiger partial charge in [0.25, 0.3) is 0 Å². The van der Waals surface area contributed by atoms with Crippen molar-refractivity contribution < 1.29 is 0 Å². The Hall–Kier alpha value is -1.07. The lowest BCUT2D eigenvalue weighted by Crippen LogP contribution is -2.44. The number of hydrogen-bond acceptors (Lipinski definition) is 3. The third-order valence-corrected chi connectivity index (χ3v) is 5.31. The topological polar surface area (TPSA) is 39.7 Å². The minimum Gasteiger partial charge on any atom is -0.356 e. The van der Waals surface area contributed by atoms with Crippen LogP contribution in [-0.2, 0) is 6.42 Å². The molecule has 2 rings (SSSR count). The highest BCUT2D eigenvalue weighted by Crippen LogP contribution is 2.17. The van der Waals surface area contributed by atoms with Crippen LogP contribution in [0.15, 0.2) is 17.1 Å². The molecule has 0 amide bonds. The molecule has 0 aliphatic carbocycles. The lowest BCUT2D eigenvalue weighted by atomic mass is 10.1. The van der Waals surface area contributed by atoms with E-state index < -0.39 is 0 Å². The monoisotopic (exact) mass is 322 g/mol. The third-order valence-electron chi connectivity index (χ3n) is 4.29. The standard InChI is InChI=1S/C17H30N4S/c1-5-21-9-8-15(12-21)11-19-17(18-4)20-13(2)10-16-7-6-14(3)22-16/h6-7,13,15H,5,8-12H2,1-4H3,(H2,18,19,20). The fourth-order valence-electron chi connectivity index (χ4n) is 2.98. The van der Waals surface area contributed by atoms with Crippen LogP contribution < -0.4 is 10.6 Å². The van der Waals surface area contributed by atoms with Gasteiger partial charge in [0, 0.05) is 42.4 Å². The van der Waals surface area contributed by atoms with Gasteiger partial charge in [-0.1, -0.05) is 6.92 Å². The van der Waals surface area contributed by atoms with Gasteiger partial charge in [-0.2, -0.15) is 0 Å². The molecule has 1 aliphatic rings. The number of likely N-dealkylation sites (tertiary alicyclic amines) is 1. The fourth-order valence-corrected chi connectivity index (χ4v) is 4.00. The summed E-state index contributed by atoms with van der Waals surface area (Å²) in [5.41, 5.74) is 0. The maximum absolute atomic E-state index is 4.36. The van der Waals surface area contributed by atoms with Crippen LogP contribution in [0.2, 0.25) is 0 Å². The first kappa shape index (κ1) is 17.3. The van der Waals surface area contributed by atoms with E-state index in [1.807, 2.05) is 18.4 Å². The molecule has 0 bridgehead atoms. The van der Waals surface area contributed by atoms with Crippen LogP contribution >= 0.6 is 11.3 Å². The molecule has 0 aromatic carbocycles. The molecule has 1 fully saturated rings. The second-order valence-electron chi connectivity index (χ2n) is 6.26. The molecule has 2 unspecified atom stereocenters. The molecular formula is C17H30N4S. The first-order valence-electron chi connectivity index (χ1n) is 8.35. The zero-order valence-electron chi connectivity index (χ0n) is 14.4. The average molecular weight is 323 g/mol. The molecule has 4 nitrogen and oxygen atoms in total. The van der Waals surface area contributed by atoms with Crippen LogP contribution in [0.25, 0.3) is 0 Å². The summed E-state index contributed by atoms with van der Waals surface area (Å²) < 4.78 is 0. The second kappa shape index (κ2) is 8.53. The van der Waals surface area contributed by atoms with Gasteiger partial charge in [-0.15, -0.1) is 11.3 Å². The van der Waals surface area contributed by atoms with Gasteiger partial charge in [0.2, 0.25) is 0 Å². The van der Waals surface area contributed by atoms with Gasteiger partial charge >= 0.3 is 0 Å². The Balaban J connectivity index is 1.72. The number of aryl methyl sites for hydroxylation is 1. The van der Waals surface area contributed by atoms with E-state index >= 15 is 0 Å². The molecule has 0 spiro atoms. The summed E-state index contributed by atoms with van der Waals surface area (Å²) in [6, 6.07) is 4.81. The van der Waals surface area contributed by atoms with Crippen molar-refractivity contribution in [1.29, 1.82) is 0 Å². The van der Waals surface area contributed by atoms with Crippen molar-refractivity contribution in [2.45, 2.75) is 39.7 Å². The molecule has 5 heteroatoms. The molecule has 1 saturated heterocycles. The smallest absolute Gasteiger partial charge is 0.191 e. The average Bonchev–Trinajstić information content (AvgIpc) is 3.12. The van der Waals surface area contributed by atoms with E-state index in [0.29, 0.717) is 6.04 Å². The minimum absolute atomic E-state index is 0.389. The first-order chi connectivity index (χ1) is 10.6. The third kappa shape index (κ3) is 5.29. The van der Waals surface area contributed by atoms with Crippen molar-refractivity contribution in [2.24, 2.45) is 10.9 Å². The maximum Gasteiger partial charge on any atom is 0.191 e. The van der Waals surface area contributed by atoms with E-state index in [4.69, 9.17) is 0 Å². The Morgan fingerprint density at radius 1 is 1.50 bits per heavy atom. The summed E-state index contributed by atoms with van der Waals surface area (Å²) in [6.07, 6.45) is 2.34. The van der Waals surface area contributed by atoms with E-state index in [2.05, 4.69) is 53.4 Å². The fraction of sp³-hybridized carbons (Fsp3) is 0.706. The molecule has 1 aromatic heterocycles. The van der Waals surface area contributed by atoms with Gasteiger partial charge in [0.05, 0.1) is 0 Å². The predicted octanol–water partition coefficient (Wildman–Crippen LogP) is 2.49. The Kier molecular flexibility index (Phi) is 6.70. The van der Waals surface area contributed by atoms with Crippen molar-refractivity contribution in [1.82, 2.24) is 15.5 Å². The summed E-state index contributed by atoms with van der Waals surface area (Å²) in [4.78, 5) is 9.69. The SMILES string of the molecule is CCN1CCC(CNC(=NC)NC(C)Cc2ccc(C)s2)C1. The zero-order valence-corrected chi connectivity index (χ0v) is 15.2. The molecule has 2 heterocycles. The highest BCUT2D eigenvalue weighted by Gasteiger charge is 2.21.